The second-order valence-electron chi connectivity index (χ2n) is 4.34. The van der Waals surface area contributed by atoms with Crippen molar-refractivity contribution in [2.45, 2.75) is 39.5 Å². The molecule has 0 saturated carbocycles. The first kappa shape index (κ1) is 11.1. The van der Waals surface area contributed by atoms with Crippen LogP contribution in [-0.4, -0.2) is 6.29 Å². The van der Waals surface area contributed by atoms with Crippen LogP contribution in [0.15, 0.2) is 46.1 Å². The van der Waals surface area contributed by atoms with Crippen LogP contribution in [0.3, 0.4) is 0 Å². The van der Waals surface area contributed by atoms with Gasteiger partial charge in [-0.1, -0.05) is 44.9 Å². The molecule has 0 saturated heterocycles. The van der Waals surface area contributed by atoms with E-state index >= 15 is 0 Å². The summed E-state index contributed by atoms with van der Waals surface area (Å²) in [6, 6.07) is 0. The molecule has 0 unspecified atom stereocenters. The van der Waals surface area contributed by atoms with Crippen molar-refractivity contribution < 1.29 is 4.79 Å². The first-order valence-electron chi connectivity index (χ1n) is 6.14. The highest BCUT2D eigenvalue weighted by Gasteiger charge is 2.31. The van der Waals surface area contributed by atoms with Crippen LogP contribution < -0.4 is 0 Å². The van der Waals surface area contributed by atoms with Crippen LogP contribution >= 0.6 is 0 Å². The zero-order valence-corrected chi connectivity index (χ0v) is 10.0. The molecule has 2 rings (SSSR count). The van der Waals surface area contributed by atoms with E-state index in [2.05, 4.69) is 19.9 Å². The van der Waals surface area contributed by atoms with E-state index in [-0.39, 0.29) is 0 Å². The lowest BCUT2D eigenvalue weighted by Gasteiger charge is -1.97. The molecule has 0 heterocycles. The Morgan fingerprint density at radius 3 is 2.25 bits per heavy atom. The topological polar surface area (TPSA) is 17.1 Å². The van der Waals surface area contributed by atoms with E-state index in [1.54, 1.807) is 0 Å². The molecule has 0 radical (unpaired) electrons. The van der Waals surface area contributed by atoms with Gasteiger partial charge in [0.25, 0.3) is 0 Å². The standard InChI is InChI=1S/C15H18O/c1-3-6-13-14(7-4-2)15(13)12-9-5-8-11(12)10-16/h5,8-10H,3-4,6-7H2,1-2H3. The minimum atomic E-state index is 0.842. The van der Waals surface area contributed by atoms with Crippen molar-refractivity contribution in [3.05, 3.63) is 46.1 Å². The maximum atomic E-state index is 10.9. The predicted octanol–water partition coefficient (Wildman–Crippen LogP) is 3.89. The molecule has 0 atom stereocenters. The van der Waals surface area contributed by atoms with Gasteiger partial charge in [0.2, 0.25) is 0 Å². The molecule has 0 aromatic rings. The maximum Gasteiger partial charge on any atom is 0.150 e. The average molecular weight is 214 g/mol. The normalized spacial score (nSPS) is 18.2. The van der Waals surface area contributed by atoms with Crippen LogP contribution in [0.5, 0.6) is 0 Å². The summed E-state index contributed by atoms with van der Waals surface area (Å²) < 4.78 is 0. The highest BCUT2D eigenvalue weighted by molar-refractivity contribution is 5.89. The van der Waals surface area contributed by atoms with E-state index in [0.717, 1.165) is 30.3 Å². The molecule has 16 heavy (non-hydrogen) atoms. The fraction of sp³-hybridized carbons (Fsp3) is 0.400. The summed E-state index contributed by atoms with van der Waals surface area (Å²) >= 11 is 0. The smallest absolute Gasteiger partial charge is 0.150 e. The zero-order valence-electron chi connectivity index (χ0n) is 10.0. The van der Waals surface area contributed by atoms with Gasteiger partial charge in [-0.15, -0.1) is 0 Å². The summed E-state index contributed by atoms with van der Waals surface area (Å²) in [5.74, 6) is 0. The van der Waals surface area contributed by atoms with Gasteiger partial charge in [-0.05, 0) is 35.1 Å². The van der Waals surface area contributed by atoms with Crippen LogP contribution in [0.4, 0.5) is 0 Å². The number of carbonyl (C=O) groups excluding carboxylic acids is 1. The van der Waals surface area contributed by atoms with Gasteiger partial charge in [0.15, 0.2) is 6.29 Å². The fourth-order valence-electron chi connectivity index (χ4n) is 2.41. The van der Waals surface area contributed by atoms with Crippen molar-refractivity contribution in [2.75, 3.05) is 0 Å². The van der Waals surface area contributed by atoms with Crippen molar-refractivity contribution >= 4 is 6.29 Å². The summed E-state index contributed by atoms with van der Waals surface area (Å²) in [7, 11) is 0. The third-order valence-corrected chi connectivity index (χ3v) is 3.15. The van der Waals surface area contributed by atoms with E-state index in [1.165, 1.54) is 29.6 Å². The van der Waals surface area contributed by atoms with Crippen molar-refractivity contribution in [2.24, 2.45) is 0 Å². The second-order valence-corrected chi connectivity index (χ2v) is 4.34. The number of carbonyl (C=O) groups is 1. The fourth-order valence-corrected chi connectivity index (χ4v) is 2.41. The van der Waals surface area contributed by atoms with Gasteiger partial charge in [0.05, 0.1) is 0 Å². The van der Waals surface area contributed by atoms with Gasteiger partial charge >= 0.3 is 0 Å². The van der Waals surface area contributed by atoms with Crippen molar-refractivity contribution in [1.29, 1.82) is 0 Å². The molecule has 2 aliphatic carbocycles. The minimum Gasteiger partial charge on any atom is -0.298 e. The Morgan fingerprint density at radius 1 is 1.12 bits per heavy atom. The van der Waals surface area contributed by atoms with E-state index in [4.69, 9.17) is 0 Å². The van der Waals surface area contributed by atoms with Crippen LogP contribution in [0, 0.1) is 0 Å². The van der Waals surface area contributed by atoms with Crippen molar-refractivity contribution in [3.63, 3.8) is 0 Å². The molecule has 0 amide bonds. The van der Waals surface area contributed by atoms with Gasteiger partial charge in [-0.25, -0.2) is 0 Å². The van der Waals surface area contributed by atoms with Crippen LogP contribution in [-0.2, 0) is 4.79 Å². The Bertz CT molecular complexity index is 412. The molecule has 0 aromatic heterocycles. The molecule has 0 fully saturated rings. The van der Waals surface area contributed by atoms with Gasteiger partial charge in [-0.3, -0.25) is 4.79 Å². The van der Waals surface area contributed by atoms with E-state index in [0.29, 0.717) is 0 Å². The largest absolute Gasteiger partial charge is 0.298 e. The number of allylic oxidation sites excluding steroid dienone is 8. The third-order valence-electron chi connectivity index (χ3n) is 3.15. The Balaban J connectivity index is 2.24. The molecule has 0 aliphatic heterocycles. The molecule has 0 aromatic carbocycles. The van der Waals surface area contributed by atoms with Crippen molar-refractivity contribution in [1.82, 2.24) is 0 Å². The third kappa shape index (κ3) is 1.82. The Hall–Kier alpha value is -1.37. The van der Waals surface area contributed by atoms with Gasteiger partial charge < -0.3 is 0 Å². The highest BCUT2D eigenvalue weighted by atomic mass is 16.1. The van der Waals surface area contributed by atoms with E-state index in [1.807, 2.05) is 12.2 Å². The maximum absolute atomic E-state index is 10.9. The summed E-state index contributed by atoms with van der Waals surface area (Å²) in [5.41, 5.74) is 6.41. The molecule has 84 valence electrons. The zero-order chi connectivity index (χ0) is 11.5. The summed E-state index contributed by atoms with van der Waals surface area (Å²) in [6.07, 6.45) is 11.6. The molecule has 2 aliphatic rings. The number of hydrogen-bond acceptors (Lipinski definition) is 1. The Labute approximate surface area is 97.2 Å². The minimum absolute atomic E-state index is 0.842. The average Bonchev–Trinajstić information content (AvgIpc) is 2.78. The molecular formula is C15H18O. The predicted molar refractivity (Wildman–Crippen MR) is 67.2 cm³/mol. The first-order valence-corrected chi connectivity index (χ1v) is 6.14. The molecule has 1 heteroatoms. The molecule has 0 spiro atoms. The van der Waals surface area contributed by atoms with Crippen LogP contribution in [0.2, 0.25) is 0 Å². The monoisotopic (exact) mass is 214 g/mol. The molecule has 0 N–H and O–H groups in total. The molecule has 1 nitrogen and oxygen atoms in total. The van der Waals surface area contributed by atoms with Crippen LogP contribution in [0.25, 0.3) is 0 Å². The quantitative estimate of drug-likeness (QED) is 0.634. The van der Waals surface area contributed by atoms with E-state index in [9.17, 15) is 4.79 Å². The second kappa shape index (κ2) is 4.65. The Morgan fingerprint density at radius 2 is 1.75 bits per heavy atom. The highest BCUT2D eigenvalue weighted by Crippen LogP contribution is 2.48. The van der Waals surface area contributed by atoms with Crippen LogP contribution in [0.1, 0.15) is 39.5 Å². The first-order chi connectivity index (χ1) is 7.83. The molecule has 0 bridgehead atoms. The van der Waals surface area contributed by atoms with Gasteiger partial charge in [-0.2, -0.15) is 0 Å². The van der Waals surface area contributed by atoms with E-state index < -0.39 is 0 Å². The Kier molecular flexibility index (Phi) is 3.23. The summed E-state index contributed by atoms with van der Waals surface area (Å²) in [5, 5.41) is 0. The lowest BCUT2D eigenvalue weighted by atomic mass is 10.1. The van der Waals surface area contributed by atoms with Gasteiger partial charge in [0.1, 0.15) is 0 Å². The number of hydrogen-bond donors (Lipinski definition) is 0. The lowest BCUT2D eigenvalue weighted by Crippen LogP contribution is -1.86. The molecular weight excluding hydrogens is 196 g/mol. The lowest BCUT2D eigenvalue weighted by molar-refractivity contribution is -0.104. The summed E-state index contributed by atoms with van der Waals surface area (Å²) in [6.45, 7) is 4.41. The summed E-state index contributed by atoms with van der Waals surface area (Å²) in [4.78, 5) is 10.9. The number of aldehydes is 1. The van der Waals surface area contributed by atoms with Crippen molar-refractivity contribution in [3.8, 4) is 0 Å². The number of rotatable bonds is 5. The van der Waals surface area contributed by atoms with Gasteiger partial charge in [0, 0.05) is 5.57 Å². The SMILES string of the molecule is CCCC1=C(CCC)C1=C1C=CC=C1C=O.